The van der Waals surface area contributed by atoms with Crippen molar-refractivity contribution in [3.8, 4) is 11.5 Å². The highest BCUT2D eigenvalue weighted by molar-refractivity contribution is 5.33. The van der Waals surface area contributed by atoms with Gasteiger partial charge in [-0.3, -0.25) is 4.79 Å². The molecule has 112 valence electrons. The van der Waals surface area contributed by atoms with Gasteiger partial charge in [0.1, 0.15) is 11.5 Å². The summed E-state index contributed by atoms with van der Waals surface area (Å²) in [6, 6.07) is 10.6. The van der Waals surface area contributed by atoms with Crippen molar-refractivity contribution in [2.75, 3.05) is 18.9 Å². The summed E-state index contributed by atoms with van der Waals surface area (Å²) in [7, 11) is 0. The minimum absolute atomic E-state index is 0.0507. The number of pyridine rings is 1. The summed E-state index contributed by atoms with van der Waals surface area (Å²) in [6.45, 7) is 3.72. The van der Waals surface area contributed by atoms with Crippen molar-refractivity contribution in [1.82, 2.24) is 4.57 Å². The van der Waals surface area contributed by atoms with E-state index in [4.69, 9.17) is 15.2 Å². The fourth-order valence-corrected chi connectivity index (χ4v) is 1.95. The van der Waals surface area contributed by atoms with Crippen molar-refractivity contribution in [3.63, 3.8) is 0 Å². The van der Waals surface area contributed by atoms with Crippen LogP contribution < -0.4 is 20.8 Å². The molecular weight excluding hydrogens is 268 g/mol. The Hall–Kier alpha value is -2.43. The van der Waals surface area contributed by atoms with Gasteiger partial charge < -0.3 is 19.8 Å². The standard InChI is InChI=1S/C16H20N2O3/c1-2-20-14-5-7-15(8-6-14)21-11-3-10-18-12-13(17)4-9-16(18)19/h4-9,12H,2-3,10-11,17H2,1H3. The Morgan fingerprint density at radius 1 is 1.05 bits per heavy atom. The predicted molar refractivity (Wildman–Crippen MR) is 82.8 cm³/mol. The summed E-state index contributed by atoms with van der Waals surface area (Å²) >= 11 is 0. The Balaban J connectivity index is 1.79. The normalized spacial score (nSPS) is 10.3. The molecule has 0 amide bonds. The van der Waals surface area contributed by atoms with Crippen molar-refractivity contribution in [1.29, 1.82) is 0 Å². The van der Waals surface area contributed by atoms with Crippen molar-refractivity contribution in [3.05, 3.63) is 52.9 Å². The van der Waals surface area contributed by atoms with E-state index in [0.29, 0.717) is 25.4 Å². The fourth-order valence-electron chi connectivity index (χ4n) is 1.95. The summed E-state index contributed by atoms with van der Waals surface area (Å²) in [5.41, 5.74) is 6.19. The number of nitrogens with zero attached hydrogens (tertiary/aromatic N) is 1. The average Bonchev–Trinajstić information content (AvgIpc) is 2.49. The highest BCUT2D eigenvalue weighted by Gasteiger charge is 1.99. The van der Waals surface area contributed by atoms with Gasteiger partial charge in [0.2, 0.25) is 0 Å². The molecule has 0 atom stereocenters. The lowest BCUT2D eigenvalue weighted by molar-refractivity contribution is 0.299. The molecule has 0 aliphatic heterocycles. The lowest BCUT2D eigenvalue weighted by Crippen LogP contribution is -2.20. The van der Waals surface area contributed by atoms with Crippen molar-refractivity contribution >= 4 is 5.69 Å². The first-order valence-electron chi connectivity index (χ1n) is 7.00. The van der Waals surface area contributed by atoms with E-state index < -0.39 is 0 Å². The van der Waals surface area contributed by atoms with Crippen LogP contribution in [0.1, 0.15) is 13.3 Å². The van der Waals surface area contributed by atoms with Gasteiger partial charge >= 0.3 is 0 Å². The van der Waals surface area contributed by atoms with E-state index in [0.717, 1.165) is 17.9 Å². The third-order valence-electron chi connectivity index (χ3n) is 2.95. The van der Waals surface area contributed by atoms with E-state index in [9.17, 15) is 4.79 Å². The monoisotopic (exact) mass is 288 g/mol. The minimum Gasteiger partial charge on any atom is -0.494 e. The maximum absolute atomic E-state index is 11.6. The van der Waals surface area contributed by atoms with Crippen LogP contribution in [0.3, 0.4) is 0 Å². The van der Waals surface area contributed by atoms with Crippen LogP contribution in [-0.4, -0.2) is 17.8 Å². The van der Waals surface area contributed by atoms with Crippen LogP contribution in [0.25, 0.3) is 0 Å². The van der Waals surface area contributed by atoms with Gasteiger partial charge in [0.15, 0.2) is 0 Å². The van der Waals surface area contributed by atoms with Gasteiger partial charge in [0.05, 0.1) is 13.2 Å². The SMILES string of the molecule is CCOc1ccc(OCCCn2cc(N)ccc2=O)cc1. The van der Waals surface area contributed by atoms with Gasteiger partial charge in [-0.05, 0) is 43.7 Å². The zero-order valence-corrected chi connectivity index (χ0v) is 12.1. The van der Waals surface area contributed by atoms with E-state index in [1.165, 1.54) is 6.07 Å². The molecule has 2 rings (SSSR count). The van der Waals surface area contributed by atoms with Gasteiger partial charge in [-0.2, -0.15) is 0 Å². The Labute approximate surface area is 123 Å². The summed E-state index contributed by atoms with van der Waals surface area (Å²) in [4.78, 5) is 11.6. The zero-order chi connectivity index (χ0) is 15.1. The number of benzene rings is 1. The molecule has 5 heteroatoms. The van der Waals surface area contributed by atoms with Gasteiger partial charge in [-0.1, -0.05) is 0 Å². The number of ether oxygens (including phenoxy) is 2. The molecular formula is C16H20N2O3. The van der Waals surface area contributed by atoms with Crippen LogP contribution in [-0.2, 0) is 6.54 Å². The van der Waals surface area contributed by atoms with Crippen LogP contribution >= 0.6 is 0 Å². The second-order valence-electron chi connectivity index (χ2n) is 4.60. The van der Waals surface area contributed by atoms with Gasteiger partial charge in [0, 0.05) is 24.5 Å². The molecule has 0 saturated carbocycles. The first-order valence-corrected chi connectivity index (χ1v) is 7.00. The van der Waals surface area contributed by atoms with E-state index in [1.54, 1.807) is 16.8 Å². The molecule has 0 fully saturated rings. The third kappa shape index (κ3) is 4.56. The molecule has 2 aromatic rings. The fraction of sp³-hybridized carbons (Fsp3) is 0.312. The van der Waals surface area contributed by atoms with Crippen LogP contribution in [0, 0.1) is 0 Å². The van der Waals surface area contributed by atoms with Crippen molar-refractivity contribution < 1.29 is 9.47 Å². The lowest BCUT2D eigenvalue weighted by Gasteiger charge is -2.09. The molecule has 0 aliphatic carbocycles. The molecule has 0 radical (unpaired) electrons. The molecule has 0 bridgehead atoms. The van der Waals surface area contributed by atoms with E-state index >= 15 is 0 Å². The van der Waals surface area contributed by atoms with E-state index in [2.05, 4.69) is 0 Å². The van der Waals surface area contributed by atoms with Crippen LogP contribution in [0.15, 0.2) is 47.4 Å². The van der Waals surface area contributed by atoms with E-state index in [-0.39, 0.29) is 5.56 Å². The first-order chi connectivity index (χ1) is 10.2. The van der Waals surface area contributed by atoms with Crippen molar-refractivity contribution in [2.24, 2.45) is 0 Å². The Morgan fingerprint density at radius 2 is 1.71 bits per heavy atom. The molecule has 0 spiro atoms. The minimum atomic E-state index is -0.0507. The lowest BCUT2D eigenvalue weighted by atomic mass is 10.3. The molecule has 0 aliphatic rings. The average molecular weight is 288 g/mol. The maximum Gasteiger partial charge on any atom is 0.250 e. The summed E-state index contributed by atoms with van der Waals surface area (Å²) in [5.74, 6) is 1.62. The van der Waals surface area contributed by atoms with Crippen molar-refractivity contribution in [2.45, 2.75) is 19.9 Å². The summed E-state index contributed by atoms with van der Waals surface area (Å²) in [6.07, 6.45) is 2.38. The number of anilines is 1. The number of nitrogens with two attached hydrogens (primary N) is 1. The third-order valence-corrected chi connectivity index (χ3v) is 2.95. The highest BCUT2D eigenvalue weighted by Crippen LogP contribution is 2.17. The Kier molecular flexibility index (Phi) is 5.26. The predicted octanol–water partition coefficient (Wildman–Crippen LogP) is 2.30. The molecule has 5 nitrogen and oxygen atoms in total. The largest absolute Gasteiger partial charge is 0.494 e. The number of aromatic nitrogens is 1. The number of aryl methyl sites for hydroxylation is 1. The molecule has 2 N–H and O–H groups in total. The number of hydrogen-bond donors (Lipinski definition) is 1. The van der Waals surface area contributed by atoms with Crippen LogP contribution in [0.2, 0.25) is 0 Å². The Morgan fingerprint density at radius 3 is 2.38 bits per heavy atom. The molecule has 1 heterocycles. The second kappa shape index (κ2) is 7.38. The molecule has 21 heavy (non-hydrogen) atoms. The molecule has 1 aromatic carbocycles. The molecule has 0 unspecified atom stereocenters. The number of rotatable bonds is 7. The second-order valence-corrected chi connectivity index (χ2v) is 4.60. The highest BCUT2D eigenvalue weighted by atomic mass is 16.5. The first kappa shape index (κ1) is 15.0. The Bertz CT molecular complexity index is 620. The zero-order valence-electron chi connectivity index (χ0n) is 12.1. The van der Waals surface area contributed by atoms with Gasteiger partial charge in [-0.15, -0.1) is 0 Å². The van der Waals surface area contributed by atoms with Crippen LogP contribution in [0.4, 0.5) is 5.69 Å². The van der Waals surface area contributed by atoms with Gasteiger partial charge in [-0.25, -0.2) is 0 Å². The summed E-state index contributed by atoms with van der Waals surface area (Å²) < 4.78 is 12.6. The quantitative estimate of drug-likeness (QED) is 0.794. The smallest absolute Gasteiger partial charge is 0.250 e. The topological polar surface area (TPSA) is 66.5 Å². The maximum atomic E-state index is 11.6. The summed E-state index contributed by atoms with van der Waals surface area (Å²) in [5, 5.41) is 0. The molecule has 1 aromatic heterocycles. The van der Waals surface area contributed by atoms with Gasteiger partial charge in [0.25, 0.3) is 5.56 Å². The van der Waals surface area contributed by atoms with E-state index in [1.807, 2.05) is 31.2 Å². The number of hydrogen-bond acceptors (Lipinski definition) is 4. The molecule has 0 saturated heterocycles. The number of nitrogen functional groups attached to an aromatic ring is 1. The van der Waals surface area contributed by atoms with Crippen LogP contribution in [0.5, 0.6) is 11.5 Å².